The molecular weight excluding hydrogens is 679 g/mol. The molecule has 4 heterocycles. The lowest BCUT2D eigenvalue weighted by molar-refractivity contribution is 0.0509. The Morgan fingerprint density at radius 2 is 1.75 bits per heavy atom. The molecular formula is C39H47N7O5S. The second-order valence-electron chi connectivity index (χ2n) is 14.9. The van der Waals surface area contributed by atoms with Gasteiger partial charge in [0.2, 0.25) is 11.8 Å². The molecule has 2 aromatic carbocycles. The molecule has 1 amide bonds. The number of hydrogen-bond acceptors (Lipinski definition) is 9. The molecule has 0 spiro atoms. The Balaban J connectivity index is 1.49. The number of rotatable bonds is 8. The SMILES string of the molecule is COCCn1c(C(C)C)cc2ncc(CN3C(=O)c4cccc(c4)S(=O)(=O)Nc4nc(cc(-c5c(C)cccc5C)n4)OC[C@H]3CC(C)(C)C)nc21. The number of ether oxygens (including phenoxy) is 2. The van der Waals surface area contributed by atoms with Gasteiger partial charge in [0.05, 0.1) is 41.7 Å². The normalized spacial score (nSPS) is 16.2. The zero-order valence-electron chi connectivity index (χ0n) is 31.1. The number of aryl methyl sites for hydroxylation is 2. The Morgan fingerprint density at radius 1 is 1.02 bits per heavy atom. The Hall–Kier alpha value is -4.88. The van der Waals surface area contributed by atoms with Crippen LogP contribution in [0.15, 0.2) is 65.7 Å². The average Bonchev–Trinajstić information content (AvgIpc) is 3.45. The first-order chi connectivity index (χ1) is 24.6. The zero-order chi connectivity index (χ0) is 37.4. The molecule has 0 saturated heterocycles. The third-order valence-electron chi connectivity index (χ3n) is 9.16. The molecule has 52 heavy (non-hydrogen) atoms. The van der Waals surface area contributed by atoms with Gasteiger partial charge in [-0.1, -0.05) is 58.9 Å². The summed E-state index contributed by atoms with van der Waals surface area (Å²) in [7, 11) is -2.53. The van der Waals surface area contributed by atoms with E-state index in [9.17, 15) is 13.2 Å². The van der Waals surface area contributed by atoms with Crippen LogP contribution < -0.4 is 9.46 Å². The third kappa shape index (κ3) is 7.95. The summed E-state index contributed by atoms with van der Waals surface area (Å²) in [6, 6.07) is 15.2. The van der Waals surface area contributed by atoms with Gasteiger partial charge in [-0.15, -0.1) is 0 Å². The molecule has 1 N–H and O–H groups in total. The van der Waals surface area contributed by atoms with Crippen molar-refractivity contribution in [3.63, 3.8) is 0 Å². The van der Waals surface area contributed by atoms with Crippen molar-refractivity contribution in [2.45, 2.75) is 84.8 Å². The molecule has 1 aliphatic rings. The number of amides is 1. The van der Waals surface area contributed by atoms with Gasteiger partial charge in [0.25, 0.3) is 15.9 Å². The maximum absolute atomic E-state index is 14.6. The van der Waals surface area contributed by atoms with Gasteiger partial charge in [0.1, 0.15) is 12.1 Å². The van der Waals surface area contributed by atoms with Crippen molar-refractivity contribution >= 4 is 33.0 Å². The highest BCUT2D eigenvalue weighted by Gasteiger charge is 2.32. The molecule has 5 aromatic rings. The Bertz CT molecular complexity index is 2210. The number of fused-ring (bicyclic) bond motifs is 5. The highest BCUT2D eigenvalue weighted by Crippen LogP contribution is 2.32. The van der Waals surface area contributed by atoms with Crippen molar-refractivity contribution in [2.75, 3.05) is 25.0 Å². The Labute approximate surface area is 305 Å². The third-order valence-corrected chi connectivity index (χ3v) is 10.5. The summed E-state index contributed by atoms with van der Waals surface area (Å²) < 4.78 is 44.1. The molecule has 12 nitrogen and oxygen atoms in total. The monoisotopic (exact) mass is 725 g/mol. The fourth-order valence-electron chi connectivity index (χ4n) is 6.76. The van der Waals surface area contributed by atoms with Gasteiger partial charge in [-0.3, -0.25) is 9.78 Å². The van der Waals surface area contributed by atoms with Crippen LogP contribution in [0.5, 0.6) is 5.88 Å². The molecule has 6 rings (SSSR count). The predicted molar refractivity (Wildman–Crippen MR) is 201 cm³/mol. The number of nitrogens with zero attached hydrogens (tertiary/aromatic N) is 6. The van der Waals surface area contributed by atoms with Gasteiger partial charge in [-0.05, 0) is 67.0 Å². The van der Waals surface area contributed by atoms with Gasteiger partial charge < -0.3 is 18.9 Å². The van der Waals surface area contributed by atoms with Gasteiger partial charge in [0.15, 0.2) is 5.65 Å². The van der Waals surface area contributed by atoms with Gasteiger partial charge in [-0.2, -0.15) is 4.98 Å². The Morgan fingerprint density at radius 3 is 2.44 bits per heavy atom. The number of nitrogens with one attached hydrogen (secondary N) is 1. The van der Waals surface area contributed by atoms with Crippen LogP contribution in [-0.2, 0) is 27.8 Å². The second-order valence-corrected chi connectivity index (χ2v) is 16.6. The summed E-state index contributed by atoms with van der Waals surface area (Å²) >= 11 is 0. The number of carbonyl (C=O) groups is 1. The first-order valence-corrected chi connectivity index (χ1v) is 19.0. The predicted octanol–water partition coefficient (Wildman–Crippen LogP) is 6.92. The van der Waals surface area contributed by atoms with Gasteiger partial charge >= 0.3 is 0 Å². The van der Waals surface area contributed by atoms with Gasteiger partial charge in [-0.25, -0.2) is 23.1 Å². The smallest absolute Gasteiger partial charge is 0.264 e. The molecule has 1 atom stereocenters. The van der Waals surface area contributed by atoms with Crippen LogP contribution in [0.4, 0.5) is 5.95 Å². The van der Waals surface area contributed by atoms with Crippen molar-refractivity contribution in [3.05, 3.63) is 88.9 Å². The fourth-order valence-corrected chi connectivity index (χ4v) is 7.75. The molecule has 4 bridgehead atoms. The van der Waals surface area contributed by atoms with E-state index >= 15 is 0 Å². The van der Waals surface area contributed by atoms with E-state index in [4.69, 9.17) is 19.4 Å². The van der Waals surface area contributed by atoms with Crippen LogP contribution in [0.1, 0.15) is 79.8 Å². The number of sulfonamides is 1. The van der Waals surface area contributed by atoms with Crippen LogP contribution in [0, 0.1) is 19.3 Å². The van der Waals surface area contributed by atoms with Crippen molar-refractivity contribution in [1.29, 1.82) is 0 Å². The van der Waals surface area contributed by atoms with E-state index in [2.05, 4.69) is 59.9 Å². The minimum atomic E-state index is -4.20. The van der Waals surface area contributed by atoms with E-state index in [1.165, 1.54) is 12.1 Å². The van der Waals surface area contributed by atoms with E-state index in [0.717, 1.165) is 27.9 Å². The lowest BCUT2D eigenvalue weighted by Crippen LogP contribution is -2.45. The fraction of sp³-hybridized carbons (Fsp3) is 0.410. The summed E-state index contributed by atoms with van der Waals surface area (Å²) in [5.41, 5.74) is 6.47. The quantitative estimate of drug-likeness (QED) is 0.181. The van der Waals surface area contributed by atoms with Crippen molar-refractivity contribution < 1.29 is 22.7 Å². The highest BCUT2D eigenvalue weighted by atomic mass is 32.2. The first-order valence-electron chi connectivity index (χ1n) is 17.5. The molecule has 0 unspecified atom stereocenters. The summed E-state index contributed by atoms with van der Waals surface area (Å²) in [6.07, 6.45) is 2.27. The highest BCUT2D eigenvalue weighted by molar-refractivity contribution is 7.92. The lowest BCUT2D eigenvalue weighted by Gasteiger charge is -2.35. The summed E-state index contributed by atoms with van der Waals surface area (Å²) in [5, 5.41) is 0. The van der Waals surface area contributed by atoms with Gasteiger partial charge in [0, 0.05) is 36.5 Å². The molecule has 13 heteroatoms. The largest absolute Gasteiger partial charge is 0.475 e. The van der Waals surface area contributed by atoms with Crippen LogP contribution in [0.2, 0.25) is 0 Å². The van der Waals surface area contributed by atoms with Crippen LogP contribution in [0.25, 0.3) is 22.4 Å². The van der Waals surface area contributed by atoms with E-state index < -0.39 is 16.1 Å². The summed E-state index contributed by atoms with van der Waals surface area (Å²) in [5.74, 6) is -0.0687. The number of anilines is 1. The molecule has 1 aliphatic heterocycles. The van der Waals surface area contributed by atoms with Crippen LogP contribution >= 0.6 is 0 Å². The van der Waals surface area contributed by atoms with E-state index in [0.29, 0.717) is 36.6 Å². The average molecular weight is 726 g/mol. The number of aromatic nitrogens is 5. The number of methoxy groups -OCH3 is 1. The molecule has 0 radical (unpaired) electrons. The summed E-state index contributed by atoms with van der Waals surface area (Å²) in [6.45, 7) is 15.8. The summed E-state index contributed by atoms with van der Waals surface area (Å²) in [4.78, 5) is 35.2. The van der Waals surface area contributed by atoms with Crippen molar-refractivity contribution in [2.24, 2.45) is 5.41 Å². The van der Waals surface area contributed by atoms with Crippen molar-refractivity contribution in [1.82, 2.24) is 29.4 Å². The second kappa shape index (κ2) is 14.6. The van der Waals surface area contributed by atoms with Crippen LogP contribution in [-0.4, -0.2) is 70.1 Å². The molecule has 0 fully saturated rings. The van der Waals surface area contributed by atoms with Crippen molar-refractivity contribution in [3.8, 4) is 17.1 Å². The minimum absolute atomic E-state index is 0.0789. The number of hydrogen-bond donors (Lipinski definition) is 1. The zero-order valence-corrected chi connectivity index (χ0v) is 31.9. The number of carbonyl (C=O) groups excluding carboxylic acids is 1. The van der Waals surface area contributed by atoms with E-state index in [-0.39, 0.29) is 52.7 Å². The maximum Gasteiger partial charge on any atom is 0.264 e. The standard InChI is InChI=1S/C39H47N7O5S/c1-24(2)33-18-32-36(45(33)15-16-50-8)41-28(21-40-32)22-46-29(20-39(5,6)7)23-51-34-19-31(35-25(3)11-9-12-26(35)4)42-38(43-34)44-52(48,49)30-14-10-13-27(17-30)37(46)47/h9-14,17-19,21,24,29H,15-16,20,22-23H2,1-8H3,(H,42,43,44)/t29-/m1/s1. The molecule has 3 aromatic heterocycles. The number of benzene rings is 2. The lowest BCUT2D eigenvalue weighted by atomic mass is 9.87. The minimum Gasteiger partial charge on any atom is -0.475 e. The van der Waals surface area contributed by atoms with E-state index in [1.807, 2.05) is 32.0 Å². The topological polar surface area (TPSA) is 141 Å². The molecule has 0 aliphatic carbocycles. The molecule has 0 saturated carbocycles. The Kier molecular flexibility index (Phi) is 10.4. The maximum atomic E-state index is 14.6. The van der Waals surface area contributed by atoms with Crippen LogP contribution in [0.3, 0.4) is 0 Å². The molecule has 274 valence electrons. The first kappa shape index (κ1) is 36.9. The van der Waals surface area contributed by atoms with E-state index in [1.54, 1.807) is 36.4 Å².